The Kier molecular flexibility index (Phi) is 15.0. The standard InChI is InChI=1S/C30H39ClFN5O2S2/c1-7-22(3)14-24(18-35-26-11-9-10-25(31)15-26)19-37(21-34-17-23(8-2)16-33-6)13-12-27-20-40-29(36-27)41-30(4,5)28(38)39-32/h9-11,14-18,20,35H,6-8,12-13,19,21H2,1-5H3/b22-14+,23-16-,24-18+,34-17-. The first-order valence-corrected chi connectivity index (χ1v) is 15.4. The third-order valence-electron chi connectivity index (χ3n) is 5.97. The SMILES string of the molecule is C=N/C=C(\C=N/CN(CCc1csc(SC(C)(C)C(=O)OF)n1)CC(/C=C(\C)CC)=C/Nc1cccc(Cl)c1)CC. The van der Waals surface area contributed by atoms with Gasteiger partial charge in [0, 0.05) is 58.7 Å². The molecule has 2 rings (SSSR count). The van der Waals surface area contributed by atoms with E-state index in [0.717, 1.165) is 35.4 Å². The van der Waals surface area contributed by atoms with E-state index in [9.17, 15) is 9.32 Å². The molecule has 0 aliphatic heterocycles. The van der Waals surface area contributed by atoms with Crippen molar-refractivity contribution in [1.82, 2.24) is 9.88 Å². The number of carbonyl (C=O) groups excluding carboxylic acids is 1. The molecule has 0 bridgehead atoms. The summed E-state index contributed by atoms with van der Waals surface area (Å²) in [6, 6.07) is 7.60. The molecule has 0 amide bonds. The zero-order valence-electron chi connectivity index (χ0n) is 24.3. The third-order valence-corrected chi connectivity index (χ3v) is 8.37. The minimum absolute atomic E-state index is 0.475. The molecular formula is C30H39ClFN5O2S2. The second-order valence-electron chi connectivity index (χ2n) is 9.80. The lowest BCUT2D eigenvalue weighted by Crippen LogP contribution is -2.29. The molecule has 1 N–H and O–H groups in total. The number of nitrogens with zero attached hydrogens (tertiary/aromatic N) is 4. The molecule has 0 saturated heterocycles. The van der Waals surface area contributed by atoms with E-state index in [1.54, 1.807) is 20.0 Å². The van der Waals surface area contributed by atoms with E-state index in [4.69, 9.17) is 11.6 Å². The Labute approximate surface area is 256 Å². The number of allylic oxidation sites excluding steroid dienone is 2. The number of thiazole rings is 1. The summed E-state index contributed by atoms with van der Waals surface area (Å²) in [4.78, 5) is 30.6. The summed E-state index contributed by atoms with van der Waals surface area (Å²) in [5, 5.41) is 6.00. The summed E-state index contributed by atoms with van der Waals surface area (Å²) in [5.41, 5.74) is 5.15. The highest BCUT2D eigenvalue weighted by atomic mass is 35.5. The van der Waals surface area contributed by atoms with Crippen LogP contribution in [0, 0.1) is 0 Å². The van der Waals surface area contributed by atoms with Crippen LogP contribution in [-0.4, -0.2) is 53.3 Å². The van der Waals surface area contributed by atoms with Crippen molar-refractivity contribution in [3.05, 3.63) is 75.6 Å². The number of anilines is 1. The molecule has 41 heavy (non-hydrogen) atoms. The van der Waals surface area contributed by atoms with Crippen LogP contribution in [0.5, 0.6) is 0 Å². The zero-order chi connectivity index (χ0) is 30.3. The van der Waals surface area contributed by atoms with Crippen LogP contribution in [0.3, 0.4) is 0 Å². The van der Waals surface area contributed by atoms with Gasteiger partial charge >= 0.3 is 5.97 Å². The van der Waals surface area contributed by atoms with Gasteiger partial charge in [-0.3, -0.25) is 19.8 Å². The lowest BCUT2D eigenvalue weighted by molar-refractivity contribution is -0.185. The molecule has 0 fully saturated rings. The summed E-state index contributed by atoms with van der Waals surface area (Å²) in [5.74, 6) is -0.934. The normalized spacial score (nSPS) is 13.2. The second-order valence-corrected chi connectivity index (χ2v) is 13.0. The van der Waals surface area contributed by atoms with Crippen LogP contribution < -0.4 is 5.32 Å². The minimum Gasteiger partial charge on any atom is -0.361 e. The highest BCUT2D eigenvalue weighted by Gasteiger charge is 2.33. The van der Waals surface area contributed by atoms with Crippen LogP contribution in [0.2, 0.25) is 5.02 Å². The molecule has 1 aromatic heterocycles. The Morgan fingerprint density at radius 1 is 1.32 bits per heavy atom. The van der Waals surface area contributed by atoms with E-state index in [1.165, 1.54) is 28.7 Å². The maximum atomic E-state index is 12.5. The lowest BCUT2D eigenvalue weighted by Gasteiger charge is -2.21. The van der Waals surface area contributed by atoms with Crippen molar-refractivity contribution in [2.24, 2.45) is 9.98 Å². The first kappa shape index (κ1) is 34.4. The smallest absolute Gasteiger partial charge is 0.361 e. The number of thioether (sulfide) groups is 1. The predicted molar refractivity (Wildman–Crippen MR) is 173 cm³/mol. The number of benzene rings is 1. The topological polar surface area (TPSA) is 79.2 Å². The number of aliphatic imine (C=N–C) groups is 2. The van der Waals surface area contributed by atoms with Gasteiger partial charge in [0.05, 0.1) is 12.4 Å². The maximum Gasteiger partial charge on any atom is 0.364 e. The number of rotatable bonds is 17. The van der Waals surface area contributed by atoms with Gasteiger partial charge in [-0.05, 0) is 69.7 Å². The molecule has 0 atom stereocenters. The molecule has 1 aromatic carbocycles. The highest BCUT2D eigenvalue weighted by molar-refractivity contribution is 8.03. The van der Waals surface area contributed by atoms with Crippen molar-refractivity contribution in [2.45, 2.75) is 63.0 Å². The van der Waals surface area contributed by atoms with Gasteiger partial charge in [-0.2, -0.15) is 0 Å². The summed E-state index contributed by atoms with van der Waals surface area (Å²) in [7, 11) is 0. The molecule has 11 heteroatoms. The fourth-order valence-corrected chi connectivity index (χ4v) is 5.89. The van der Waals surface area contributed by atoms with Crippen molar-refractivity contribution >= 4 is 59.3 Å². The molecule has 0 unspecified atom stereocenters. The summed E-state index contributed by atoms with van der Waals surface area (Å²) >= 11 is 8.78. The molecule has 1 heterocycles. The fraction of sp³-hybridized carbons (Fsp3) is 0.400. The molecule has 0 spiro atoms. The van der Waals surface area contributed by atoms with E-state index in [-0.39, 0.29) is 0 Å². The Morgan fingerprint density at radius 2 is 2.10 bits per heavy atom. The molecule has 7 nitrogen and oxygen atoms in total. The van der Waals surface area contributed by atoms with Crippen LogP contribution in [0.25, 0.3) is 0 Å². The van der Waals surface area contributed by atoms with Gasteiger partial charge in [0.15, 0.2) is 4.34 Å². The van der Waals surface area contributed by atoms with Crippen LogP contribution in [0.1, 0.15) is 53.2 Å². The van der Waals surface area contributed by atoms with Gasteiger partial charge in [0.25, 0.3) is 0 Å². The summed E-state index contributed by atoms with van der Waals surface area (Å²) in [6.07, 6.45) is 10.2. The zero-order valence-corrected chi connectivity index (χ0v) is 26.7. The van der Waals surface area contributed by atoms with Gasteiger partial charge < -0.3 is 5.32 Å². The van der Waals surface area contributed by atoms with Crippen molar-refractivity contribution in [3.63, 3.8) is 0 Å². The lowest BCUT2D eigenvalue weighted by atomic mass is 10.1. The number of nitrogens with one attached hydrogen (secondary N) is 1. The fourth-order valence-electron chi connectivity index (χ4n) is 3.45. The monoisotopic (exact) mass is 619 g/mol. The minimum atomic E-state index is -1.07. The Hall–Kier alpha value is -2.79. The quantitative estimate of drug-likeness (QED) is 0.109. The third kappa shape index (κ3) is 12.7. The van der Waals surface area contributed by atoms with Gasteiger partial charge in [-0.1, -0.05) is 54.9 Å². The molecule has 2 aromatic rings. The van der Waals surface area contributed by atoms with E-state index >= 15 is 0 Å². The largest absolute Gasteiger partial charge is 0.364 e. The number of carbonyl (C=O) groups is 1. The number of halogens is 2. The van der Waals surface area contributed by atoms with Crippen molar-refractivity contribution < 1.29 is 14.3 Å². The van der Waals surface area contributed by atoms with E-state index in [1.807, 2.05) is 49.0 Å². The Morgan fingerprint density at radius 3 is 2.76 bits per heavy atom. The number of hydrogen-bond acceptors (Lipinski definition) is 9. The van der Waals surface area contributed by atoms with Crippen molar-refractivity contribution in [2.75, 3.05) is 25.1 Å². The van der Waals surface area contributed by atoms with Crippen LogP contribution in [0.4, 0.5) is 10.2 Å². The first-order chi connectivity index (χ1) is 19.6. The average molecular weight is 620 g/mol. The molecule has 222 valence electrons. The van der Waals surface area contributed by atoms with Gasteiger partial charge in [0.2, 0.25) is 0 Å². The van der Waals surface area contributed by atoms with Crippen molar-refractivity contribution in [3.8, 4) is 0 Å². The first-order valence-electron chi connectivity index (χ1n) is 13.3. The second kappa shape index (κ2) is 17.9. The van der Waals surface area contributed by atoms with Gasteiger partial charge in [-0.15, -0.1) is 11.3 Å². The molecule has 0 saturated carbocycles. The molecule has 0 radical (unpaired) electrons. The van der Waals surface area contributed by atoms with E-state index < -0.39 is 10.7 Å². The van der Waals surface area contributed by atoms with Crippen molar-refractivity contribution in [1.29, 1.82) is 0 Å². The number of hydrogen-bond donors (Lipinski definition) is 1. The Bertz CT molecular complexity index is 1270. The summed E-state index contributed by atoms with van der Waals surface area (Å²) < 4.78 is 12.1. The van der Waals surface area contributed by atoms with Crippen LogP contribution in [-0.2, 0) is 16.2 Å². The highest BCUT2D eigenvalue weighted by Crippen LogP contribution is 2.35. The Balaban J connectivity index is 2.24. The van der Waals surface area contributed by atoms with E-state index in [2.05, 4.69) is 56.8 Å². The van der Waals surface area contributed by atoms with Gasteiger partial charge in [0.1, 0.15) is 4.75 Å². The van der Waals surface area contributed by atoms with Crippen LogP contribution in [0.15, 0.2) is 79.2 Å². The van der Waals surface area contributed by atoms with Crippen LogP contribution >= 0.6 is 34.7 Å². The molecule has 0 aliphatic carbocycles. The number of aromatic nitrogens is 1. The van der Waals surface area contributed by atoms with Gasteiger partial charge in [-0.25, -0.2) is 9.78 Å². The predicted octanol–water partition coefficient (Wildman–Crippen LogP) is 8.31. The molecule has 0 aliphatic rings. The molecular weight excluding hydrogens is 581 g/mol. The summed E-state index contributed by atoms with van der Waals surface area (Å²) in [6.45, 7) is 14.9. The van der Waals surface area contributed by atoms with E-state index in [0.29, 0.717) is 35.5 Å². The maximum absolute atomic E-state index is 12.5. The average Bonchev–Trinajstić information content (AvgIpc) is 3.39.